The van der Waals surface area contributed by atoms with Gasteiger partial charge in [-0.25, -0.2) is 0 Å². The predicted octanol–water partition coefficient (Wildman–Crippen LogP) is 3.72. The van der Waals surface area contributed by atoms with Gasteiger partial charge in [-0.1, -0.05) is 19.8 Å². The van der Waals surface area contributed by atoms with Gasteiger partial charge in [0.15, 0.2) is 0 Å². The van der Waals surface area contributed by atoms with Crippen LogP contribution in [0.4, 0.5) is 0 Å². The SMILES string of the molecule is CCCCCN(C)CCNCc1cc(Br)cs1. The van der Waals surface area contributed by atoms with Gasteiger partial charge in [-0.3, -0.25) is 0 Å². The van der Waals surface area contributed by atoms with Crippen LogP contribution in [0, 0.1) is 0 Å². The molecule has 0 radical (unpaired) electrons. The molecular weight excluding hydrogens is 296 g/mol. The van der Waals surface area contributed by atoms with Gasteiger partial charge in [0, 0.05) is 34.4 Å². The van der Waals surface area contributed by atoms with Crippen LogP contribution in [0.15, 0.2) is 15.9 Å². The topological polar surface area (TPSA) is 15.3 Å². The van der Waals surface area contributed by atoms with Crippen LogP contribution in [0.2, 0.25) is 0 Å². The first-order chi connectivity index (χ1) is 8.22. The van der Waals surface area contributed by atoms with Gasteiger partial charge in [0.2, 0.25) is 0 Å². The van der Waals surface area contributed by atoms with E-state index in [2.05, 4.69) is 51.6 Å². The minimum absolute atomic E-state index is 0.985. The second-order valence-electron chi connectivity index (χ2n) is 4.42. The minimum Gasteiger partial charge on any atom is -0.311 e. The molecule has 98 valence electrons. The fourth-order valence-corrected chi connectivity index (χ4v) is 3.09. The Kier molecular flexibility index (Phi) is 8.10. The standard InChI is InChI=1S/C13H23BrN2S/c1-3-4-5-7-16(2)8-6-15-10-13-9-12(14)11-17-13/h9,11,15H,3-8,10H2,1-2H3. The molecule has 1 aromatic heterocycles. The lowest BCUT2D eigenvalue weighted by Crippen LogP contribution is -2.29. The smallest absolute Gasteiger partial charge is 0.0300 e. The summed E-state index contributed by atoms with van der Waals surface area (Å²) in [7, 11) is 2.21. The van der Waals surface area contributed by atoms with Crippen LogP contribution in [0.5, 0.6) is 0 Å². The van der Waals surface area contributed by atoms with Crippen molar-refractivity contribution in [3.05, 3.63) is 20.8 Å². The van der Waals surface area contributed by atoms with Crippen molar-refractivity contribution >= 4 is 27.3 Å². The number of likely N-dealkylation sites (N-methyl/N-ethyl adjacent to an activating group) is 1. The second kappa shape index (κ2) is 9.09. The van der Waals surface area contributed by atoms with Crippen molar-refractivity contribution < 1.29 is 0 Å². The van der Waals surface area contributed by atoms with Crippen LogP contribution >= 0.6 is 27.3 Å². The molecule has 0 spiro atoms. The van der Waals surface area contributed by atoms with Crippen LogP contribution in [-0.4, -0.2) is 31.6 Å². The van der Waals surface area contributed by atoms with E-state index in [-0.39, 0.29) is 0 Å². The minimum atomic E-state index is 0.985. The monoisotopic (exact) mass is 318 g/mol. The van der Waals surface area contributed by atoms with E-state index < -0.39 is 0 Å². The first-order valence-electron chi connectivity index (χ1n) is 6.34. The van der Waals surface area contributed by atoms with Crippen molar-refractivity contribution in [2.75, 3.05) is 26.7 Å². The van der Waals surface area contributed by atoms with E-state index in [1.807, 2.05) is 0 Å². The highest BCUT2D eigenvalue weighted by Crippen LogP contribution is 2.19. The Morgan fingerprint density at radius 1 is 1.35 bits per heavy atom. The summed E-state index contributed by atoms with van der Waals surface area (Å²) in [6, 6.07) is 2.18. The van der Waals surface area contributed by atoms with Gasteiger partial charge < -0.3 is 10.2 Å². The highest BCUT2D eigenvalue weighted by Gasteiger charge is 1.99. The number of halogens is 1. The summed E-state index contributed by atoms with van der Waals surface area (Å²) >= 11 is 5.28. The summed E-state index contributed by atoms with van der Waals surface area (Å²) in [6.07, 6.45) is 3.98. The molecule has 0 atom stereocenters. The van der Waals surface area contributed by atoms with E-state index >= 15 is 0 Å². The van der Waals surface area contributed by atoms with Gasteiger partial charge in [-0.05, 0) is 42.0 Å². The third kappa shape index (κ3) is 7.19. The molecule has 0 saturated heterocycles. The molecule has 0 aliphatic rings. The van der Waals surface area contributed by atoms with Gasteiger partial charge in [0.1, 0.15) is 0 Å². The first-order valence-corrected chi connectivity index (χ1v) is 8.01. The van der Waals surface area contributed by atoms with Gasteiger partial charge in [0.25, 0.3) is 0 Å². The summed E-state index contributed by atoms with van der Waals surface area (Å²) in [5, 5.41) is 5.62. The predicted molar refractivity (Wildman–Crippen MR) is 80.7 cm³/mol. The van der Waals surface area contributed by atoms with Gasteiger partial charge in [-0.15, -0.1) is 11.3 Å². The van der Waals surface area contributed by atoms with Crippen molar-refractivity contribution in [2.24, 2.45) is 0 Å². The molecule has 17 heavy (non-hydrogen) atoms. The molecule has 1 N–H and O–H groups in total. The van der Waals surface area contributed by atoms with E-state index in [0.717, 1.165) is 19.6 Å². The number of nitrogens with one attached hydrogen (secondary N) is 1. The summed E-state index contributed by atoms with van der Waals surface area (Å²) in [5.41, 5.74) is 0. The van der Waals surface area contributed by atoms with Crippen molar-refractivity contribution in [3.8, 4) is 0 Å². The number of unbranched alkanes of at least 4 members (excludes halogenated alkanes) is 2. The molecule has 0 unspecified atom stereocenters. The highest BCUT2D eigenvalue weighted by molar-refractivity contribution is 9.10. The fourth-order valence-electron chi connectivity index (χ4n) is 1.67. The lowest BCUT2D eigenvalue weighted by Gasteiger charge is -2.16. The number of nitrogens with zero attached hydrogens (tertiary/aromatic N) is 1. The molecular formula is C13H23BrN2S. The van der Waals surface area contributed by atoms with Gasteiger partial charge in [-0.2, -0.15) is 0 Å². The summed E-state index contributed by atoms with van der Waals surface area (Å²) in [4.78, 5) is 3.80. The van der Waals surface area contributed by atoms with E-state index in [1.54, 1.807) is 11.3 Å². The molecule has 1 rings (SSSR count). The van der Waals surface area contributed by atoms with Crippen LogP contribution in [0.1, 0.15) is 31.1 Å². The van der Waals surface area contributed by atoms with Crippen molar-refractivity contribution in [3.63, 3.8) is 0 Å². The lowest BCUT2D eigenvalue weighted by atomic mass is 10.2. The Labute approximate surface area is 118 Å². The molecule has 0 amide bonds. The quantitative estimate of drug-likeness (QED) is 0.698. The maximum Gasteiger partial charge on any atom is 0.0300 e. The average molecular weight is 319 g/mol. The van der Waals surface area contributed by atoms with Crippen LogP contribution in [0.3, 0.4) is 0 Å². The van der Waals surface area contributed by atoms with Crippen LogP contribution in [-0.2, 0) is 6.54 Å². The zero-order chi connectivity index (χ0) is 12.5. The second-order valence-corrected chi connectivity index (χ2v) is 6.33. The van der Waals surface area contributed by atoms with Crippen LogP contribution < -0.4 is 5.32 Å². The van der Waals surface area contributed by atoms with Crippen molar-refractivity contribution in [1.82, 2.24) is 10.2 Å². The molecule has 1 heterocycles. The zero-order valence-electron chi connectivity index (χ0n) is 10.8. The molecule has 2 nitrogen and oxygen atoms in total. The number of hydrogen-bond acceptors (Lipinski definition) is 3. The van der Waals surface area contributed by atoms with E-state index in [4.69, 9.17) is 0 Å². The Hall–Kier alpha value is 0.1000. The molecule has 0 saturated carbocycles. The van der Waals surface area contributed by atoms with E-state index in [1.165, 1.54) is 35.2 Å². The third-order valence-corrected chi connectivity index (χ3v) is 4.43. The first kappa shape index (κ1) is 15.2. The summed E-state index contributed by atoms with van der Waals surface area (Å²) < 4.78 is 1.19. The average Bonchev–Trinajstić information content (AvgIpc) is 2.71. The highest BCUT2D eigenvalue weighted by atomic mass is 79.9. The Morgan fingerprint density at radius 3 is 2.82 bits per heavy atom. The van der Waals surface area contributed by atoms with Crippen molar-refractivity contribution in [1.29, 1.82) is 0 Å². The molecule has 0 aliphatic carbocycles. The normalized spacial score (nSPS) is 11.3. The van der Waals surface area contributed by atoms with E-state index in [0.29, 0.717) is 0 Å². The molecule has 4 heteroatoms. The largest absolute Gasteiger partial charge is 0.311 e. The van der Waals surface area contributed by atoms with Gasteiger partial charge >= 0.3 is 0 Å². The zero-order valence-corrected chi connectivity index (χ0v) is 13.2. The van der Waals surface area contributed by atoms with Crippen LogP contribution in [0.25, 0.3) is 0 Å². The Balaban J connectivity index is 2.00. The Morgan fingerprint density at radius 2 is 2.18 bits per heavy atom. The maximum atomic E-state index is 3.48. The number of hydrogen-bond donors (Lipinski definition) is 1. The van der Waals surface area contributed by atoms with Gasteiger partial charge in [0.05, 0.1) is 0 Å². The lowest BCUT2D eigenvalue weighted by molar-refractivity contribution is 0.323. The van der Waals surface area contributed by atoms with Crippen molar-refractivity contribution in [2.45, 2.75) is 32.7 Å². The number of rotatable bonds is 9. The molecule has 1 aromatic rings. The summed E-state index contributed by atoms with van der Waals surface area (Å²) in [6.45, 7) is 6.66. The molecule has 0 bridgehead atoms. The molecule has 0 aromatic carbocycles. The fraction of sp³-hybridized carbons (Fsp3) is 0.692. The Bertz CT molecular complexity index is 301. The van der Waals surface area contributed by atoms with E-state index in [9.17, 15) is 0 Å². The maximum absolute atomic E-state index is 3.48. The number of thiophene rings is 1. The molecule has 0 fully saturated rings. The summed E-state index contributed by atoms with van der Waals surface area (Å²) in [5.74, 6) is 0. The third-order valence-electron chi connectivity index (χ3n) is 2.73. The molecule has 0 aliphatic heterocycles.